The van der Waals surface area contributed by atoms with Gasteiger partial charge in [0.2, 0.25) is 0 Å². The molecule has 3 aromatic carbocycles. The highest BCUT2D eigenvalue weighted by molar-refractivity contribution is 6.33. The molecule has 1 N–H and O–H groups in total. The van der Waals surface area contributed by atoms with E-state index in [0.717, 1.165) is 17.0 Å². The predicted molar refractivity (Wildman–Crippen MR) is 132 cm³/mol. The van der Waals surface area contributed by atoms with Gasteiger partial charge < -0.3 is 10.1 Å². The van der Waals surface area contributed by atoms with Crippen molar-refractivity contribution in [2.75, 3.05) is 5.32 Å². The summed E-state index contributed by atoms with van der Waals surface area (Å²) in [6, 6.07) is 15.7. The van der Waals surface area contributed by atoms with Crippen LogP contribution in [0.15, 0.2) is 72.8 Å². The third-order valence-electron chi connectivity index (χ3n) is 5.89. The van der Waals surface area contributed by atoms with E-state index in [1.54, 1.807) is 42.5 Å². The number of carbonyl (C=O) groups is 4. The van der Waals surface area contributed by atoms with E-state index in [-0.39, 0.29) is 28.3 Å². The fourth-order valence-electron chi connectivity index (χ4n) is 3.95. The SMILES string of the molecule is C[C@H](OC(=O)[C@H](Cc1ccccc1)N1C(=O)c2ccccc2C1=O)C(=O)Nc1cc(C(F)(F)F)ccc1Cl. The first-order valence-electron chi connectivity index (χ1n) is 11.4. The number of alkyl halides is 3. The first kappa shape index (κ1) is 26.9. The molecule has 0 aliphatic carbocycles. The minimum Gasteiger partial charge on any atom is -0.451 e. The molecule has 3 amide bonds. The van der Waals surface area contributed by atoms with Gasteiger partial charge in [-0.25, -0.2) is 4.79 Å². The Morgan fingerprint density at radius 3 is 2.11 bits per heavy atom. The number of fused-ring (bicyclic) bond motifs is 1. The summed E-state index contributed by atoms with van der Waals surface area (Å²) >= 11 is 5.93. The van der Waals surface area contributed by atoms with Crippen LogP contribution in [0.25, 0.3) is 0 Å². The maximum atomic E-state index is 13.3. The number of halogens is 4. The molecule has 1 aliphatic rings. The lowest BCUT2D eigenvalue weighted by Crippen LogP contribution is -2.48. The van der Waals surface area contributed by atoms with Crippen LogP contribution >= 0.6 is 11.6 Å². The van der Waals surface area contributed by atoms with E-state index in [4.69, 9.17) is 16.3 Å². The maximum Gasteiger partial charge on any atom is 0.416 e. The van der Waals surface area contributed by atoms with Gasteiger partial charge in [-0.15, -0.1) is 0 Å². The fourth-order valence-corrected chi connectivity index (χ4v) is 4.11. The molecule has 0 fully saturated rings. The second kappa shape index (κ2) is 10.7. The lowest BCUT2D eigenvalue weighted by Gasteiger charge is -2.26. The minimum absolute atomic E-state index is 0.0844. The average Bonchev–Trinajstić information content (AvgIpc) is 3.13. The summed E-state index contributed by atoms with van der Waals surface area (Å²) in [4.78, 5) is 52.9. The molecule has 0 unspecified atom stereocenters. The van der Waals surface area contributed by atoms with Crippen LogP contribution < -0.4 is 5.32 Å². The molecule has 3 aromatic rings. The molecule has 0 saturated heterocycles. The van der Waals surface area contributed by atoms with E-state index in [1.807, 2.05) is 0 Å². The second-order valence-electron chi connectivity index (χ2n) is 8.49. The minimum atomic E-state index is -4.67. The number of hydrogen-bond donors (Lipinski definition) is 1. The molecule has 0 bridgehead atoms. The zero-order valence-electron chi connectivity index (χ0n) is 19.8. The summed E-state index contributed by atoms with van der Waals surface area (Å²) in [6.07, 6.45) is -6.25. The monoisotopic (exact) mass is 544 g/mol. The van der Waals surface area contributed by atoms with E-state index in [1.165, 1.54) is 19.1 Å². The van der Waals surface area contributed by atoms with Crippen LogP contribution in [0.1, 0.15) is 38.8 Å². The van der Waals surface area contributed by atoms with Crippen LogP contribution in [0.3, 0.4) is 0 Å². The first-order chi connectivity index (χ1) is 18.0. The van der Waals surface area contributed by atoms with E-state index in [0.29, 0.717) is 11.6 Å². The first-order valence-corrected chi connectivity index (χ1v) is 11.7. The van der Waals surface area contributed by atoms with E-state index in [9.17, 15) is 32.3 Å². The van der Waals surface area contributed by atoms with Gasteiger partial charge in [-0.2, -0.15) is 13.2 Å². The largest absolute Gasteiger partial charge is 0.451 e. The zero-order chi connectivity index (χ0) is 27.6. The lowest BCUT2D eigenvalue weighted by atomic mass is 10.0. The highest BCUT2D eigenvalue weighted by Crippen LogP contribution is 2.34. The molecule has 0 saturated carbocycles. The van der Waals surface area contributed by atoms with Crippen LogP contribution in [-0.2, 0) is 26.9 Å². The van der Waals surface area contributed by atoms with Crippen LogP contribution in [0, 0.1) is 0 Å². The fraction of sp³-hybridized carbons (Fsp3) is 0.185. The van der Waals surface area contributed by atoms with Gasteiger partial charge in [0.15, 0.2) is 6.10 Å². The number of anilines is 1. The number of benzene rings is 3. The molecular weight excluding hydrogens is 525 g/mol. The van der Waals surface area contributed by atoms with Crippen molar-refractivity contribution in [3.05, 3.63) is 100 Å². The number of esters is 1. The van der Waals surface area contributed by atoms with Gasteiger partial charge in [-0.05, 0) is 42.8 Å². The van der Waals surface area contributed by atoms with Crippen molar-refractivity contribution in [1.82, 2.24) is 4.90 Å². The second-order valence-corrected chi connectivity index (χ2v) is 8.90. The lowest BCUT2D eigenvalue weighted by molar-refractivity contribution is -0.157. The van der Waals surface area contributed by atoms with E-state index < -0.39 is 47.6 Å². The number of rotatable bonds is 7. The summed E-state index contributed by atoms with van der Waals surface area (Å²) in [5.41, 5.74) is -0.466. The van der Waals surface area contributed by atoms with Gasteiger partial charge in [0.25, 0.3) is 17.7 Å². The van der Waals surface area contributed by atoms with Gasteiger partial charge in [-0.1, -0.05) is 54.1 Å². The molecule has 196 valence electrons. The van der Waals surface area contributed by atoms with Gasteiger partial charge in [0.1, 0.15) is 6.04 Å². The Balaban J connectivity index is 1.55. The van der Waals surface area contributed by atoms with E-state index >= 15 is 0 Å². The average molecular weight is 545 g/mol. The van der Waals surface area contributed by atoms with Crippen molar-refractivity contribution >= 4 is 41.0 Å². The normalized spacial score (nSPS) is 14.6. The predicted octanol–water partition coefficient (Wildman–Crippen LogP) is 5.14. The van der Waals surface area contributed by atoms with Crippen molar-refractivity contribution < 1.29 is 37.1 Å². The quantitative estimate of drug-likeness (QED) is 0.328. The smallest absolute Gasteiger partial charge is 0.416 e. The Labute approximate surface area is 220 Å². The molecule has 0 spiro atoms. The Hall–Kier alpha value is -4.18. The molecule has 0 radical (unpaired) electrons. The molecule has 38 heavy (non-hydrogen) atoms. The number of carbonyl (C=O) groups excluding carboxylic acids is 4. The number of nitrogens with zero attached hydrogens (tertiary/aromatic N) is 1. The molecule has 0 aromatic heterocycles. The van der Waals surface area contributed by atoms with Crippen molar-refractivity contribution in [2.45, 2.75) is 31.7 Å². The van der Waals surface area contributed by atoms with Crippen LogP contribution in [0.2, 0.25) is 5.02 Å². The Kier molecular flexibility index (Phi) is 7.54. The molecule has 4 rings (SSSR count). The topological polar surface area (TPSA) is 92.8 Å². The van der Waals surface area contributed by atoms with E-state index in [2.05, 4.69) is 5.32 Å². The molecule has 11 heteroatoms. The molecule has 7 nitrogen and oxygen atoms in total. The number of ether oxygens (including phenoxy) is 1. The molecular formula is C27H20ClF3N2O5. The molecule has 1 aliphatic heterocycles. The van der Waals surface area contributed by atoms with Crippen LogP contribution in [0.5, 0.6) is 0 Å². The number of nitrogens with one attached hydrogen (secondary N) is 1. The van der Waals surface area contributed by atoms with Gasteiger partial charge >= 0.3 is 12.1 Å². The highest BCUT2D eigenvalue weighted by atomic mass is 35.5. The van der Waals surface area contributed by atoms with Gasteiger partial charge in [0.05, 0.1) is 27.4 Å². The Morgan fingerprint density at radius 1 is 0.947 bits per heavy atom. The Bertz CT molecular complexity index is 1380. The van der Waals surface area contributed by atoms with Gasteiger partial charge in [-0.3, -0.25) is 19.3 Å². The molecule has 2 atom stereocenters. The van der Waals surface area contributed by atoms with Crippen LogP contribution in [-0.4, -0.2) is 40.7 Å². The summed E-state index contributed by atoms with van der Waals surface area (Å²) < 4.78 is 44.5. The van der Waals surface area contributed by atoms with Crippen LogP contribution in [0.4, 0.5) is 18.9 Å². The third-order valence-corrected chi connectivity index (χ3v) is 6.22. The zero-order valence-corrected chi connectivity index (χ0v) is 20.5. The van der Waals surface area contributed by atoms with Crippen molar-refractivity contribution in [3.63, 3.8) is 0 Å². The number of amides is 3. The number of hydrogen-bond acceptors (Lipinski definition) is 5. The maximum absolute atomic E-state index is 13.3. The summed E-state index contributed by atoms with van der Waals surface area (Å²) in [7, 11) is 0. The van der Waals surface area contributed by atoms with Crippen molar-refractivity contribution in [2.24, 2.45) is 0 Å². The molecule has 1 heterocycles. The summed E-state index contributed by atoms with van der Waals surface area (Å²) in [5, 5.41) is 2.07. The van der Waals surface area contributed by atoms with Crippen molar-refractivity contribution in [1.29, 1.82) is 0 Å². The summed E-state index contributed by atoms with van der Waals surface area (Å²) in [6.45, 7) is 1.21. The standard InChI is InChI=1S/C27H20ClF3N2O5/c1-15(23(34)32-21-14-17(27(29,30)31)11-12-20(21)28)38-26(37)22(13-16-7-3-2-4-8-16)33-24(35)18-9-5-6-10-19(18)25(33)36/h2-12,14-15,22H,13H2,1H3,(H,32,34)/t15-,22-/m0/s1. The highest BCUT2D eigenvalue weighted by Gasteiger charge is 2.44. The van der Waals surface area contributed by atoms with Gasteiger partial charge in [0, 0.05) is 6.42 Å². The number of imide groups is 1. The third kappa shape index (κ3) is 5.55. The summed E-state index contributed by atoms with van der Waals surface area (Å²) in [5.74, 6) is -3.37. The Morgan fingerprint density at radius 2 is 1.53 bits per heavy atom. The van der Waals surface area contributed by atoms with Crippen molar-refractivity contribution in [3.8, 4) is 0 Å².